The monoisotopic (exact) mass is 294 g/mol. The molecular weight excluding hydrogens is 284 g/mol. The molecular formula is C11H10F4N2O3. The second-order valence-corrected chi connectivity index (χ2v) is 3.66. The zero-order valence-corrected chi connectivity index (χ0v) is 10.1. The minimum Gasteiger partial charge on any atom is -0.495 e. The summed E-state index contributed by atoms with van der Waals surface area (Å²) in [5, 5.41) is 1.58. The van der Waals surface area contributed by atoms with Crippen LogP contribution in [0.5, 0.6) is 5.75 Å². The van der Waals surface area contributed by atoms with Crippen LogP contribution in [-0.4, -0.2) is 31.3 Å². The SMILES string of the molecule is COc1ccc(C(N)=O)cc1NC(=O)C(F)(F)C(F)F. The standard InChI is InChI=1S/C11H10F4N2O3/c1-20-7-3-2-5(8(16)18)4-6(7)17-10(19)11(14,15)9(12)13/h2-4,9H,1H3,(H2,16,18)(H,17,19). The number of rotatable bonds is 5. The van der Waals surface area contributed by atoms with Crippen LogP contribution in [0.15, 0.2) is 18.2 Å². The second kappa shape index (κ2) is 5.76. The van der Waals surface area contributed by atoms with Crippen molar-refractivity contribution in [1.29, 1.82) is 0 Å². The summed E-state index contributed by atoms with van der Waals surface area (Å²) in [4.78, 5) is 22.1. The van der Waals surface area contributed by atoms with Crippen LogP contribution in [0.4, 0.5) is 23.2 Å². The van der Waals surface area contributed by atoms with E-state index in [0.29, 0.717) is 0 Å². The molecule has 9 heteroatoms. The highest BCUT2D eigenvalue weighted by Gasteiger charge is 2.49. The predicted molar refractivity (Wildman–Crippen MR) is 61.1 cm³/mol. The number of alkyl halides is 4. The van der Waals surface area contributed by atoms with Crippen molar-refractivity contribution in [2.75, 3.05) is 12.4 Å². The number of halogens is 4. The molecule has 5 nitrogen and oxygen atoms in total. The van der Waals surface area contributed by atoms with Crippen LogP contribution in [0.1, 0.15) is 10.4 Å². The van der Waals surface area contributed by atoms with Crippen molar-refractivity contribution in [2.24, 2.45) is 5.73 Å². The molecule has 0 aliphatic heterocycles. The lowest BCUT2D eigenvalue weighted by atomic mass is 10.1. The number of primary amides is 1. The van der Waals surface area contributed by atoms with Crippen LogP contribution < -0.4 is 15.8 Å². The van der Waals surface area contributed by atoms with Gasteiger partial charge in [0, 0.05) is 5.56 Å². The average molecular weight is 294 g/mol. The molecule has 0 saturated heterocycles. The van der Waals surface area contributed by atoms with E-state index < -0.39 is 24.2 Å². The smallest absolute Gasteiger partial charge is 0.383 e. The molecule has 0 atom stereocenters. The Morgan fingerprint density at radius 2 is 1.95 bits per heavy atom. The number of carbonyl (C=O) groups is 2. The molecule has 0 unspecified atom stereocenters. The fourth-order valence-corrected chi connectivity index (χ4v) is 1.26. The lowest BCUT2D eigenvalue weighted by Crippen LogP contribution is -2.41. The van der Waals surface area contributed by atoms with Crippen molar-refractivity contribution in [3.05, 3.63) is 23.8 Å². The average Bonchev–Trinajstić information content (AvgIpc) is 2.38. The van der Waals surface area contributed by atoms with Gasteiger partial charge in [0.1, 0.15) is 5.75 Å². The van der Waals surface area contributed by atoms with Gasteiger partial charge in [-0.15, -0.1) is 0 Å². The van der Waals surface area contributed by atoms with Gasteiger partial charge in [-0.2, -0.15) is 8.78 Å². The zero-order chi connectivity index (χ0) is 15.5. The van der Waals surface area contributed by atoms with Crippen LogP contribution in [0.25, 0.3) is 0 Å². The molecule has 1 rings (SSSR count). The number of anilines is 1. The lowest BCUT2D eigenvalue weighted by Gasteiger charge is -2.16. The van der Waals surface area contributed by atoms with Gasteiger partial charge in [0.05, 0.1) is 12.8 Å². The fraction of sp³-hybridized carbons (Fsp3) is 0.273. The Hall–Kier alpha value is -2.32. The number of hydrogen-bond acceptors (Lipinski definition) is 3. The molecule has 0 bridgehead atoms. The Bertz CT molecular complexity index is 534. The normalized spacial score (nSPS) is 11.3. The zero-order valence-electron chi connectivity index (χ0n) is 10.1. The quantitative estimate of drug-likeness (QED) is 0.810. The first-order chi connectivity index (χ1) is 9.20. The molecule has 0 radical (unpaired) electrons. The maximum atomic E-state index is 12.8. The summed E-state index contributed by atoms with van der Waals surface area (Å²) in [6, 6.07) is 3.35. The van der Waals surface area contributed by atoms with Crippen molar-refractivity contribution in [3.63, 3.8) is 0 Å². The molecule has 0 aliphatic carbocycles. The van der Waals surface area contributed by atoms with Gasteiger partial charge < -0.3 is 15.8 Å². The number of amides is 2. The van der Waals surface area contributed by atoms with Crippen LogP contribution >= 0.6 is 0 Å². The summed E-state index contributed by atoms with van der Waals surface area (Å²) in [5.74, 6) is -8.06. The van der Waals surface area contributed by atoms with Crippen molar-refractivity contribution in [1.82, 2.24) is 0 Å². The van der Waals surface area contributed by atoms with Gasteiger partial charge in [-0.1, -0.05) is 0 Å². The van der Waals surface area contributed by atoms with Gasteiger partial charge in [-0.05, 0) is 18.2 Å². The van der Waals surface area contributed by atoms with Crippen molar-refractivity contribution in [3.8, 4) is 5.75 Å². The maximum Gasteiger partial charge on any atom is 0.383 e. The molecule has 0 saturated carbocycles. The van der Waals surface area contributed by atoms with Crippen molar-refractivity contribution < 1.29 is 31.9 Å². The van der Waals surface area contributed by atoms with E-state index in [1.54, 1.807) is 5.32 Å². The van der Waals surface area contributed by atoms with Gasteiger partial charge in [0.25, 0.3) is 0 Å². The van der Waals surface area contributed by atoms with Gasteiger partial charge in [0.2, 0.25) is 5.91 Å². The molecule has 0 aromatic heterocycles. The first-order valence-corrected chi connectivity index (χ1v) is 5.15. The minimum atomic E-state index is -4.87. The number of nitrogens with two attached hydrogens (primary N) is 1. The van der Waals surface area contributed by atoms with Gasteiger partial charge in [-0.3, -0.25) is 9.59 Å². The molecule has 0 heterocycles. The number of carbonyl (C=O) groups excluding carboxylic acids is 2. The molecule has 20 heavy (non-hydrogen) atoms. The van der Waals surface area contributed by atoms with E-state index in [4.69, 9.17) is 10.5 Å². The molecule has 0 aliphatic rings. The second-order valence-electron chi connectivity index (χ2n) is 3.66. The van der Waals surface area contributed by atoms with E-state index in [2.05, 4.69) is 0 Å². The van der Waals surface area contributed by atoms with Crippen LogP contribution in [-0.2, 0) is 4.79 Å². The Kier molecular flexibility index (Phi) is 4.53. The van der Waals surface area contributed by atoms with E-state index in [1.807, 2.05) is 0 Å². The van der Waals surface area contributed by atoms with Crippen molar-refractivity contribution >= 4 is 17.5 Å². The fourth-order valence-electron chi connectivity index (χ4n) is 1.26. The number of ether oxygens (including phenoxy) is 1. The third kappa shape index (κ3) is 3.16. The van der Waals surface area contributed by atoms with E-state index in [9.17, 15) is 27.2 Å². The Labute approximate surface area is 110 Å². The van der Waals surface area contributed by atoms with Crippen molar-refractivity contribution in [2.45, 2.75) is 12.3 Å². The molecule has 110 valence electrons. The summed E-state index contributed by atoms with van der Waals surface area (Å²) in [6.45, 7) is 0. The molecule has 1 aromatic rings. The highest BCUT2D eigenvalue weighted by atomic mass is 19.3. The third-order valence-corrected chi connectivity index (χ3v) is 2.31. The first kappa shape index (κ1) is 15.7. The Morgan fingerprint density at radius 3 is 2.40 bits per heavy atom. The van der Waals surface area contributed by atoms with Gasteiger partial charge in [0.15, 0.2) is 0 Å². The highest BCUT2D eigenvalue weighted by Crippen LogP contribution is 2.29. The Morgan fingerprint density at radius 1 is 1.35 bits per heavy atom. The highest BCUT2D eigenvalue weighted by molar-refractivity contribution is 6.00. The molecule has 3 N–H and O–H groups in total. The summed E-state index contributed by atoms with van der Waals surface area (Å²) < 4.78 is 54.5. The number of methoxy groups -OCH3 is 1. The molecule has 0 fully saturated rings. The molecule has 2 amide bonds. The van der Waals surface area contributed by atoms with Crippen LogP contribution in [0, 0.1) is 0 Å². The first-order valence-electron chi connectivity index (χ1n) is 5.15. The van der Waals surface area contributed by atoms with E-state index in [-0.39, 0.29) is 17.0 Å². The van der Waals surface area contributed by atoms with E-state index in [0.717, 1.165) is 6.07 Å². The Balaban J connectivity index is 3.10. The summed E-state index contributed by atoms with van der Waals surface area (Å²) in [6.07, 6.45) is -4.16. The lowest BCUT2D eigenvalue weighted by molar-refractivity contribution is -0.163. The topological polar surface area (TPSA) is 81.4 Å². The number of nitrogens with one attached hydrogen (secondary N) is 1. The summed E-state index contributed by atoms with van der Waals surface area (Å²) in [5.41, 5.74) is 4.50. The molecule has 1 aromatic carbocycles. The summed E-state index contributed by atoms with van der Waals surface area (Å²) in [7, 11) is 1.17. The molecule has 0 spiro atoms. The predicted octanol–water partition coefficient (Wildman–Crippen LogP) is 1.63. The van der Waals surface area contributed by atoms with Gasteiger partial charge in [-0.25, -0.2) is 8.78 Å². The maximum absolute atomic E-state index is 12.8. The van der Waals surface area contributed by atoms with E-state index in [1.165, 1.54) is 19.2 Å². The van der Waals surface area contributed by atoms with E-state index >= 15 is 0 Å². The number of benzene rings is 1. The number of hydrogen-bond donors (Lipinski definition) is 2. The largest absolute Gasteiger partial charge is 0.495 e. The van der Waals surface area contributed by atoms with Crippen LogP contribution in [0.2, 0.25) is 0 Å². The minimum absolute atomic E-state index is 0.0894. The van der Waals surface area contributed by atoms with Crippen LogP contribution in [0.3, 0.4) is 0 Å². The van der Waals surface area contributed by atoms with Gasteiger partial charge >= 0.3 is 18.3 Å². The third-order valence-electron chi connectivity index (χ3n) is 2.31. The summed E-state index contributed by atoms with van der Waals surface area (Å²) >= 11 is 0.